The highest BCUT2D eigenvalue weighted by Crippen LogP contribution is 2.31. The zero-order valence-corrected chi connectivity index (χ0v) is 18.0. The first kappa shape index (κ1) is 21.6. The molecule has 7 nitrogen and oxygen atoms in total. The minimum Gasteiger partial charge on any atom is -0.497 e. The summed E-state index contributed by atoms with van der Waals surface area (Å²) in [5, 5.41) is 17.5. The van der Waals surface area contributed by atoms with Gasteiger partial charge in [-0.15, -0.1) is 0 Å². The molecule has 3 rings (SSSR count). The van der Waals surface area contributed by atoms with Crippen molar-refractivity contribution in [2.75, 3.05) is 45.3 Å². The van der Waals surface area contributed by atoms with Gasteiger partial charge in [0.15, 0.2) is 5.96 Å². The van der Waals surface area contributed by atoms with Crippen LogP contribution in [0, 0.1) is 0 Å². The summed E-state index contributed by atoms with van der Waals surface area (Å²) in [5.74, 6) is 2.44. The lowest BCUT2D eigenvalue weighted by Gasteiger charge is -2.35. The van der Waals surface area contributed by atoms with E-state index >= 15 is 0 Å². The normalized spacial score (nSPS) is 19.9. The number of ether oxygens (including phenoxy) is 2. The van der Waals surface area contributed by atoms with Crippen molar-refractivity contribution in [2.24, 2.45) is 4.99 Å². The van der Waals surface area contributed by atoms with E-state index in [0.717, 1.165) is 81.3 Å². The molecule has 1 heterocycles. The summed E-state index contributed by atoms with van der Waals surface area (Å²) >= 11 is 0. The molecule has 0 radical (unpaired) electrons. The lowest BCUT2D eigenvalue weighted by atomic mass is 10.0. The van der Waals surface area contributed by atoms with Crippen molar-refractivity contribution in [1.29, 1.82) is 0 Å². The van der Waals surface area contributed by atoms with Crippen molar-refractivity contribution in [2.45, 2.75) is 57.1 Å². The van der Waals surface area contributed by atoms with Gasteiger partial charge in [-0.1, -0.05) is 12.8 Å². The maximum atomic E-state index is 10.6. The van der Waals surface area contributed by atoms with Crippen LogP contribution >= 0.6 is 0 Å². The number of nitrogens with one attached hydrogen (secondary N) is 2. The molecule has 1 saturated heterocycles. The Labute approximate surface area is 174 Å². The summed E-state index contributed by atoms with van der Waals surface area (Å²) < 4.78 is 10.8. The molecule has 0 aromatic heterocycles. The molecule has 1 aliphatic carbocycles. The third-order valence-corrected chi connectivity index (χ3v) is 5.95. The van der Waals surface area contributed by atoms with Crippen molar-refractivity contribution in [3.8, 4) is 11.5 Å². The topological polar surface area (TPSA) is 78.4 Å². The van der Waals surface area contributed by atoms with Gasteiger partial charge in [-0.3, -0.25) is 4.99 Å². The second kappa shape index (κ2) is 10.1. The summed E-state index contributed by atoms with van der Waals surface area (Å²) in [5.41, 5.74) is 0.514. The van der Waals surface area contributed by atoms with E-state index in [1.54, 1.807) is 14.2 Å². The van der Waals surface area contributed by atoms with Crippen LogP contribution < -0.4 is 25.0 Å². The van der Waals surface area contributed by atoms with Gasteiger partial charge in [0.25, 0.3) is 0 Å². The van der Waals surface area contributed by atoms with Gasteiger partial charge in [0.2, 0.25) is 0 Å². The average Bonchev–Trinajstić information content (AvgIpc) is 3.19. The Bertz CT molecular complexity index is 658. The van der Waals surface area contributed by atoms with Crippen LogP contribution in [0.5, 0.6) is 11.5 Å². The van der Waals surface area contributed by atoms with Crippen LogP contribution in [0.2, 0.25) is 0 Å². The number of guanidine groups is 1. The predicted molar refractivity (Wildman–Crippen MR) is 117 cm³/mol. The van der Waals surface area contributed by atoms with E-state index in [4.69, 9.17) is 9.47 Å². The van der Waals surface area contributed by atoms with Gasteiger partial charge < -0.3 is 30.1 Å². The molecule has 162 valence electrons. The van der Waals surface area contributed by atoms with E-state index in [1.807, 2.05) is 6.07 Å². The molecule has 0 amide bonds. The Morgan fingerprint density at radius 1 is 1.14 bits per heavy atom. The van der Waals surface area contributed by atoms with Gasteiger partial charge >= 0.3 is 0 Å². The number of rotatable bonds is 7. The molecular weight excluding hydrogens is 368 g/mol. The zero-order valence-electron chi connectivity index (χ0n) is 18.0. The summed E-state index contributed by atoms with van der Waals surface area (Å²) in [6.45, 7) is 5.27. The van der Waals surface area contributed by atoms with E-state index in [0.29, 0.717) is 12.6 Å². The molecule has 2 aliphatic rings. The van der Waals surface area contributed by atoms with Crippen LogP contribution in [0.25, 0.3) is 0 Å². The molecule has 29 heavy (non-hydrogen) atoms. The van der Waals surface area contributed by atoms with Crippen molar-refractivity contribution >= 4 is 11.6 Å². The quantitative estimate of drug-likeness (QED) is 0.479. The lowest BCUT2D eigenvalue weighted by molar-refractivity contribution is 0.0574. The van der Waals surface area contributed by atoms with E-state index in [-0.39, 0.29) is 0 Å². The SMILES string of the molecule is CCNC(=NCC1(O)CCCC1)NC1CCN(c2cc(OC)cc(OC)c2)CC1. The second-order valence-corrected chi connectivity index (χ2v) is 8.10. The Morgan fingerprint density at radius 3 is 2.31 bits per heavy atom. The van der Waals surface area contributed by atoms with E-state index in [9.17, 15) is 5.11 Å². The van der Waals surface area contributed by atoms with Gasteiger partial charge in [0.1, 0.15) is 11.5 Å². The first-order valence-corrected chi connectivity index (χ1v) is 10.8. The summed E-state index contributed by atoms with van der Waals surface area (Å²) in [7, 11) is 3.36. The third kappa shape index (κ3) is 5.92. The Hall–Kier alpha value is -2.15. The molecule has 0 spiro atoms. The zero-order chi connectivity index (χ0) is 20.7. The molecule has 3 N–H and O–H groups in total. The maximum Gasteiger partial charge on any atom is 0.191 e. The van der Waals surface area contributed by atoms with Crippen LogP contribution in [-0.2, 0) is 0 Å². The number of hydrogen-bond donors (Lipinski definition) is 3. The van der Waals surface area contributed by atoms with Crippen molar-refractivity contribution < 1.29 is 14.6 Å². The first-order valence-electron chi connectivity index (χ1n) is 10.8. The Kier molecular flexibility index (Phi) is 7.47. The number of hydrogen-bond acceptors (Lipinski definition) is 5. The van der Waals surface area contributed by atoms with Gasteiger partial charge in [-0.2, -0.15) is 0 Å². The maximum absolute atomic E-state index is 10.6. The number of benzene rings is 1. The predicted octanol–water partition coefficient (Wildman–Crippen LogP) is 2.53. The van der Waals surface area contributed by atoms with E-state index in [1.165, 1.54) is 0 Å². The van der Waals surface area contributed by atoms with Crippen LogP contribution in [-0.4, -0.2) is 63.1 Å². The van der Waals surface area contributed by atoms with Crippen LogP contribution in [0.4, 0.5) is 5.69 Å². The summed E-state index contributed by atoms with van der Waals surface area (Å²) in [4.78, 5) is 7.05. The van der Waals surface area contributed by atoms with Crippen molar-refractivity contribution in [3.05, 3.63) is 18.2 Å². The monoisotopic (exact) mass is 404 g/mol. The van der Waals surface area contributed by atoms with Crippen molar-refractivity contribution in [3.63, 3.8) is 0 Å². The van der Waals surface area contributed by atoms with Gasteiger partial charge in [0, 0.05) is 49.6 Å². The Balaban J connectivity index is 1.56. The third-order valence-electron chi connectivity index (χ3n) is 5.95. The van der Waals surface area contributed by atoms with Crippen LogP contribution in [0.15, 0.2) is 23.2 Å². The molecule has 0 atom stereocenters. The second-order valence-electron chi connectivity index (χ2n) is 8.10. The van der Waals surface area contributed by atoms with Crippen LogP contribution in [0.3, 0.4) is 0 Å². The van der Waals surface area contributed by atoms with E-state index < -0.39 is 5.60 Å². The fourth-order valence-electron chi connectivity index (χ4n) is 4.19. The highest BCUT2D eigenvalue weighted by Gasteiger charge is 2.31. The Morgan fingerprint density at radius 2 is 1.76 bits per heavy atom. The van der Waals surface area contributed by atoms with Crippen molar-refractivity contribution in [1.82, 2.24) is 10.6 Å². The molecule has 1 aromatic carbocycles. The number of methoxy groups -OCH3 is 2. The summed E-state index contributed by atoms with van der Waals surface area (Å²) in [6, 6.07) is 6.39. The average molecular weight is 405 g/mol. The fraction of sp³-hybridized carbons (Fsp3) is 0.682. The van der Waals surface area contributed by atoms with Gasteiger partial charge in [-0.25, -0.2) is 0 Å². The molecule has 0 unspecified atom stereocenters. The first-order chi connectivity index (χ1) is 14.0. The van der Waals surface area contributed by atoms with Gasteiger partial charge in [0.05, 0.1) is 26.4 Å². The largest absolute Gasteiger partial charge is 0.497 e. The fourth-order valence-corrected chi connectivity index (χ4v) is 4.19. The molecular formula is C22H36N4O3. The molecule has 7 heteroatoms. The molecule has 1 saturated carbocycles. The van der Waals surface area contributed by atoms with Gasteiger partial charge in [-0.05, 0) is 32.6 Å². The smallest absolute Gasteiger partial charge is 0.191 e. The number of nitrogens with zero attached hydrogens (tertiary/aromatic N) is 2. The lowest BCUT2D eigenvalue weighted by Crippen LogP contribution is -2.49. The van der Waals surface area contributed by atoms with E-state index in [2.05, 4.69) is 39.6 Å². The molecule has 2 fully saturated rings. The summed E-state index contributed by atoms with van der Waals surface area (Å²) in [6.07, 6.45) is 5.96. The number of piperidine rings is 1. The highest BCUT2D eigenvalue weighted by molar-refractivity contribution is 5.80. The molecule has 0 bridgehead atoms. The number of aliphatic imine (C=N–C) groups is 1. The highest BCUT2D eigenvalue weighted by atomic mass is 16.5. The minimum absolute atomic E-state index is 0.370. The minimum atomic E-state index is -0.614. The standard InChI is InChI=1S/C22H36N4O3/c1-4-23-21(24-16-22(27)9-5-6-10-22)25-17-7-11-26(12-8-17)18-13-19(28-2)15-20(14-18)29-3/h13-15,17,27H,4-12,16H2,1-3H3,(H2,23,24,25). The number of aliphatic hydroxyl groups is 1. The molecule has 1 aromatic rings. The van der Waals surface area contributed by atoms with Crippen LogP contribution in [0.1, 0.15) is 45.4 Å². The number of anilines is 1. The molecule has 1 aliphatic heterocycles.